The SMILES string of the molecule is O=C([O-])c1ccccc1-c1c2cc(Br)c(=O)c(Br)c-2oc2c(Br)c([O-])c(Br)cc12.O=C1C=C2CC3(O)COc4c(ccc(O)c4O)C3=C2C=C1O.[Na+].[Na+]. The van der Waals surface area contributed by atoms with Crippen molar-refractivity contribution in [1.82, 2.24) is 0 Å². The van der Waals surface area contributed by atoms with E-state index in [-0.39, 0.29) is 130 Å². The molecular formula is C36H18Br4Na2O11. The third-order valence-electron chi connectivity index (χ3n) is 8.66. The van der Waals surface area contributed by atoms with Gasteiger partial charge in [0.05, 0.1) is 14.9 Å². The van der Waals surface area contributed by atoms with Crippen molar-refractivity contribution in [3.63, 3.8) is 0 Å². The average molecular weight is 992 g/mol. The number of carboxylic acids is 1. The Balaban J connectivity index is 0.000000203. The van der Waals surface area contributed by atoms with Crippen molar-refractivity contribution in [3.8, 4) is 45.4 Å². The number of allylic oxidation sites excluding steroid dienone is 3. The van der Waals surface area contributed by atoms with Gasteiger partial charge < -0.3 is 44.6 Å². The summed E-state index contributed by atoms with van der Waals surface area (Å²) < 4.78 is 12.2. The number of hydrogen-bond donors (Lipinski definition) is 4. The first-order chi connectivity index (χ1) is 24.1. The third kappa shape index (κ3) is 7.01. The predicted molar refractivity (Wildman–Crippen MR) is 195 cm³/mol. The summed E-state index contributed by atoms with van der Waals surface area (Å²) in [6.45, 7) is -0.115. The van der Waals surface area contributed by atoms with Crippen LogP contribution in [0.25, 0.3) is 39.0 Å². The molecule has 3 aliphatic carbocycles. The molecule has 2 aliphatic heterocycles. The van der Waals surface area contributed by atoms with Gasteiger partial charge in [0.15, 0.2) is 23.0 Å². The molecular weight excluding hydrogens is 974 g/mol. The van der Waals surface area contributed by atoms with Crippen LogP contribution in [0.3, 0.4) is 0 Å². The molecule has 0 bridgehead atoms. The van der Waals surface area contributed by atoms with Crippen LogP contribution in [0.15, 0.2) is 105 Å². The molecule has 258 valence electrons. The van der Waals surface area contributed by atoms with Crippen molar-refractivity contribution in [3.05, 3.63) is 117 Å². The molecule has 0 fully saturated rings. The van der Waals surface area contributed by atoms with Gasteiger partial charge in [-0.2, -0.15) is 0 Å². The van der Waals surface area contributed by atoms with E-state index in [9.17, 15) is 45.0 Å². The van der Waals surface area contributed by atoms with E-state index in [2.05, 4.69) is 63.7 Å². The molecule has 0 saturated carbocycles. The fraction of sp³-hybridized carbons (Fsp3) is 0.0833. The number of benzene rings is 4. The first-order valence-electron chi connectivity index (χ1n) is 14.7. The zero-order valence-corrected chi connectivity index (χ0v) is 37.7. The molecule has 3 aromatic rings. The molecule has 2 heterocycles. The van der Waals surface area contributed by atoms with Crippen LogP contribution in [-0.2, 0) is 4.79 Å². The first-order valence-corrected chi connectivity index (χ1v) is 17.9. The van der Waals surface area contributed by atoms with E-state index in [4.69, 9.17) is 9.15 Å². The summed E-state index contributed by atoms with van der Waals surface area (Å²) in [4.78, 5) is 35.8. The number of ketones is 1. The molecule has 5 aliphatic rings. The standard InChI is InChI=1S/C20H8Br4O5.C16H12O6.2Na/c21-11-5-9-13(7-3-1-2-4-8(7)20(27)28)10-6-12(22)17(26)15(24)19(10)29-18(9)14(23)16(11)25;17-10-2-1-8-13-9-4-12(19)11(18)3-7(9)5-16(13,21)6-22-15(8)14(10)20;;/h1-6,25H,(H,27,28);1-4,17,19-21H,5-6H2;;/q;;2*+1/p-2. The Morgan fingerprint density at radius 2 is 1.57 bits per heavy atom. The molecule has 8 rings (SSSR count). The van der Waals surface area contributed by atoms with E-state index in [1.54, 1.807) is 30.3 Å². The maximum Gasteiger partial charge on any atom is 1.00 e. The number of aromatic hydroxyl groups is 2. The van der Waals surface area contributed by atoms with Crippen LogP contribution < -0.4 is 79.5 Å². The van der Waals surface area contributed by atoms with Gasteiger partial charge in [-0.25, -0.2) is 0 Å². The second kappa shape index (κ2) is 15.6. The smallest absolute Gasteiger partial charge is 0.871 e. The molecule has 1 atom stereocenters. The van der Waals surface area contributed by atoms with Crippen molar-refractivity contribution in [2.24, 2.45) is 0 Å². The number of carbonyl (C=O) groups is 2. The number of ether oxygens (including phenoxy) is 1. The third-order valence-corrected chi connectivity index (χ3v) is 11.3. The molecule has 17 heteroatoms. The van der Waals surface area contributed by atoms with Gasteiger partial charge in [0.2, 0.25) is 17.0 Å². The molecule has 0 amide bonds. The van der Waals surface area contributed by atoms with Crippen molar-refractivity contribution in [1.29, 1.82) is 0 Å². The molecule has 0 saturated heterocycles. The molecule has 0 aromatic heterocycles. The number of carboxylic acid groups (broad SMARTS) is 1. The largest absolute Gasteiger partial charge is 1.00 e. The van der Waals surface area contributed by atoms with E-state index in [1.165, 1.54) is 30.4 Å². The van der Waals surface area contributed by atoms with Crippen LogP contribution >= 0.6 is 63.7 Å². The predicted octanol–water partition coefficient (Wildman–Crippen LogP) is 0.390. The van der Waals surface area contributed by atoms with Gasteiger partial charge in [-0.15, -0.1) is 0 Å². The Morgan fingerprint density at radius 3 is 2.26 bits per heavy atom. The summed E-state index contributed by atoms with van der Waals surface area (Å²) >= 11 is 13.0. The number of aliphatic hydroxyl groups is 2. The number of hydrogen-bond acceptors (Lipinski definition) is 11. The van der Waals surface area contributed by atoms with Gasteiger partial charge in [-0.1, -0.05) is 45.9 Å². The van der Waals surface area contributed by atoms with Gasteiger partial charge in [0.25, 0.3) is 0 Å². The zero-order chi connectivity index (χ0) is 36.7. The molecule has 11 nitrogen and oxygen atoms in total. The summed E-state index contributed by atoms with van der Waals surface area (Å²) in [5.41, 5.74) is 1.91. The van der Waals surface area contributed by atoms with E-state index in [0.29, 0.717) is 44.4 Å². The van der Waals surface area contributed by atoms with E-state index >= 15 is 0 Å². The number of halogens is 4. The summed E-state index contributed by atoms with van der Waals surface area (Å²) in [5.74, 6) is -3.03. The van der Waals surface area contributed by atoms with E-state index in [1.807, 2.05) is 0 Å². The minimum absolute atomic E-state index is 0. The van der Waals surface area contributed by atoms with E-state index in [0.717, 1.165) is 0 Å². The molecule has 4 N–H and O–H groups in total. The number of aliphatic hydroxyl groups excluding tert-OH is 1. The van der Waals surface area contributed by atoms with Crippen LogP contribution in [-0.4, -0.2) is 44.4 Å². The Kier molecular flexibility index (Phi) is 12.3. The Hall–Kier alpha value is -2.41. The Labute approximate surface area is 377 Å². The number of aromatic carboxylic acids is 1. The molecule has 0 spiro atoms. The summed E-state index contributed by atoms with van der Waals surface area (Å²) in [6.07, 6.45) is 2.81. The quantitative estimate of drug-likeness (QED) is 0.108. The van der Waals surface area contributed by atoms with Gasteiger partial charge in [-0.3, -0.25) is 9.59 Å². The van der Waals surface area contributed by atoms with Crippen molar-refractivity contribution in [2.45, 2.75) is 12.0 Å². The van der Waals surface area contributed by atoms with Gasteiger partial charge in [0.1, 0.15) is 22.3 Å². The number of rotatable bonds is 2. The summed E-state index contributed by atoms with van der Waals surface area (Å²) in [7, 11) is 0. The second-order valence-electron chi connectivity index (χ2n) is 11.7. The normalized spacial score (nSPS) is 16.9. The van der Waals surface area contributed by atoms with Crippen LogP contribution in [0.1, 0.15) is 22.3 Å². The number of fused-ring (bicyclic) bond motifs is 6. The number of phenols is 2. The van der Waals surface area contributed by atoms with Gasteiger partial charge in [-0.05, 0) is 101 Å². The van der Waals surface area contributed by atoms with Crippen molar-refractivity contribution >= 4 is 92.0 Å². The first kappa shape index (κ1) is 41.7. The van der Waals surface area contributed by atoms with Gasteiger partial charge >= 0.3 is 59.1 Å². The fourth-order valence-corrected chi connectivity index (χ4v) is 8.82. The molecule has 0 radical (unpaired) electrons. The average Bonchev–Trinajstić information content (AvgIpc) is 3.38. The van der Waals surface area contributed by atoms with Crippen molar-refractivity contribution in [2.75, 3.05) is 6.61 Å². The monoisotopic (exact) mass is 988 g/mol. The van der Waals surface area contributed by atoms with Crippen molar-refractivity contribution < 1.29 is 108 Å². The van der Waals surface area contributed by atoms with Crippen LogP contribution in [0.5, 0.6) is 23.0 Å². The maximum absolute atomic E-state index is 12.4. The maximum atomic E-state index is 12.4. The molecule has 1 unspecified atom stereocenters. The topological polar surface area (TPSA) is 201 Å². The van der Waals surface area contributed by atoms with E-state index < -0.39 is 28.9 Å². The Bertz CT molecular complexity index is 2540. The van der Waals surface area contributed by atoms with Crippen LogP contribution in [0.4, 0.5) is 0 Å². The summed E-state index contributed by atoms with van der Waals surface area (Å²) in [5, 5.41) is 64.7. The summed E-state index contributed by atoms with van der Waals surface area (Å²) in [6, 6.07) is 12.3. The zero-order valence-electron chi connectivity index (χ0n) is 27.3. The minimum atomic E-state index is -1.35. The van der Waals surface area contributed by atoms with Crippen LogP contribution in [0, 0.1) is 0 Å². The minimum Gasteiger partial charge on any atom is -0.871 e. The molecule has 53 heavy (non-hydrogen) atoms. The number of phenolic OH excluding ortho intramolecular Hbond substituents is 2. The second-order valence-corrected chi connectivity index (χ2v) is 15.0. The Morgan fingerprint density at radius 1 is 0.868 bits per heavy atom. The number of carbonyl (C=O) groups excluding carboxylic acids is 2. The fourth-order valence-electron chi connectivity index (χ4n) is 6.41. The molecule has 3 aromatic carbocycles. The van der Waals surface area contributed by atoms with Gasteiger partial charge in [0, 0.05) is 44.1 Å². The van der Waals surface area contributed by atoms with Crippen LogP contribution in [0.2, 0.25) is 0 Å².